The highest BCUT2D eigenvalue weighted by atomic mass is 16.5. The summed E-state index contributed by atoms with van der Waals surface area (Å²) >= 11 is 0. The molecule has 1 aliphatic rings. The van der Waals surface area contributed by atoms with Crippen molar-refractivity contribution in [3.8, 4) is 0 Å². The SMILES string of the molecule is Cc1nc(CNC2CCCc3cccnc32)no1. The van der Waals surface area contributed by atoms with Crippen molar-refractivity contribution in [2.45, 2.75) is 38.8 Å². The van der Waals surface area contributed by atoms with Gasteiger partial charge in [-0.15, -0.1) is 0 Å². The van der Waals surface area contributed by atoms with Gasteiger partial charge >= 0.3 is 0 Å². The Kier molecular flexibility index (Phi) is 3.06. The topological polar surface area (TPSA) is 63.8 Å². The van der Waals surface area contributed by atoms with Gasteiger partial charge < -0.3 is 9.84 Å². The van der Waals surface area contributed by atoms with Crippen molar-refractivity contribution < 1.29 is 4.52 Å². The Bertz CT molecular complexity index is 537. The molecule has 0 aromatic carbocycles. The highest BCUT2D eigenvalue weighted by molar-refractivity contribution is 5.25. The van der Waals surface area contributed by atoms with Crippen LogP contribution in [0.25, 0.3) is 0 Å². The predicted molar refractivity (Wildman–Crippen MR) is 65.8 cm³/mol. The Morgan fingerprint density at radius 1 is 1.50 bits per heavy atom. The van der Waals surface area contributed by atoms with Gasteiger partial charge in [-0.1, -0.05) is 11.2 Å². The molecule has 0 saturated heterocycles. The van der Waals surface area contributed by atoms with E-state index in [1.807, 2.05) is 12.3 Å². The molecule has 0 saturated carbocycles. The number of nitrogens with one attached hydrogen (secondary N) is 1. The molecule has 0 aliphatic heterocycles. The summed E-state index contributed by atoms with van der Waals surface area (Å²) in [5.74, 6) is 1.31. The number of aryl methyl sites for hydroxylation is 2. The monoisotopic (exact) mass is 244 g/mol. The van der Waals surface area contributed by atoms with Crippen LogP contribution < -0.4 is 5.32 Å². The number of pyridine rings is 1. The summed E-state index contributed by atoms with van der Waals surface area (Å²) in [6.45, 7) is 2.42. The van der Waals surface area contributed by atoms with Crippen molar-refractivity contribution in [3.63, 3.8) is 0 Å². The Balaban J connectivity index is 1.71. The van der Waals surface area contributed by atoms with E-state index in [1.54, 1.807) is 6.92 Å². The molecule has 0 fully saturated rings. The molecule has 2 heterocycles. The van der Waals surface area contributed by atoms with Crippen LogP contribution in [0.4, 0.5) is 0 Å². The zero-order valence-corrected chi connectivity index (χ0v) is 10.4. The molecule has 1 N–H and O–H groups in total. The van der Waals surface area contributed by atoms with E-state index in [2.05, 4.69) is 26.5 Å². The molecule has 1 atom stereocenters. The quantitative estimate of drug-likeness (QED) is 0.894. The number of nitrogens with zero attached hydrogens (tertiary/aromatic N) is 3. The van der Waals surface area contributed by atoms with E-state index in [0.29, 0.717) is 24.3 Å². The zero-order chi connectivity index (χ0) is 12.4. The first-order chi connectivity index (χ1) is 8.83. The van der Waals surface area contributed by atoms with Crippen molar-refractivity contribution >= 4 is 0 Å². The summed E-state index contributed by atoms with van der Waals surface area (Å²) in [7, 11) is 0. The summed E-state index contributed by atoms with van der Waals surface area (Å²) in [5.41, 5.74) is 2.52. The average Bonchev–Trinajstić information content (AvgIpc) is 2.82. The summed E-state index contributed by atoms with van der Waals surface area (Å²) in [6.07, 6.45) is 5.29. The van der Waals surface area contributed by atoms with Gasteiger partial charge in [0, 0.05) is 13.1 Å². The summed E-state index contributed by atoms with van der Waals surface area (Å²) in [6, 6.07) is 4.46. The molecule has 1 unspecified atom stereocenters. The predicted octanol–water partition coefficient (Wildman–Crippen LogP) is 1.94. The molecule has 0 bridgehead atoms. The average molecular weight is 244 g/mol. The molecule has 18 heavy (non-hydrogen) atoms. The zero-order valence-electron chi connectivity index (χ0n) is 10.4. The van der Waals surface area contributed by atoms with E-state index >= 15 is 0 Å². The molecule has 0 radical (unpaired) electrons. The van der Waals surface area contributed by atoms with Crippen molar-refractivity contribution in [1.82, 2.24) is 20.4 Å². The summed E-state index contributed by atoms with van der Waals surface area (Å²) in [4.78, 5) is 8.68. The van der Waals surface area contributed by atoms with Crippen LogP contribution in [0, 0.1) is 6.92 Å². The minimum Gasteiger partial charge on any atom is -0.340 e. The third-order valence-corrected chi connectivity index (χ3v) is 3.27. The third-order valence-electron chi connectivity index (χ3n) is 3.27. The van der Waals surface area contributed by atoms with Gasteiger partial charge in [0.25, 0.3) is 0 Å². The molecular weight excluding hydrogens is 228 g/mol. The Labute approximate surface area is 106 Å². The fraction of sp³-hybridized carbons (Fsp3) is 0.462. The van der Waals surface area contributed by atoms with E-state index in [9.17, 15) is 0 Å². The molecule has 3 rings (SSSR count). The van der Waals surface area contributed by atoms with E-state index in [-0.39, 0.29) is 0 Å². The molecule has 5 nitrogen and oxygen atoms in total. The first-order valence-electron chi connectivity index (χ1n) is 6.29. The van der Waals surface area contributed by atoms with Crippen molar-refractivity contribution in [2.24, 2.45) is 0 Å². The lowest BCUT2D eigenvalue weighted by Gasteiger charge is -2.24. The van der Waals surface area contributed by atoms with Crippen LogP contribution in [0.5, 0.6) is 0 Å². The highest BCUT2D eigenvalue weighted by Crippen LogP contribution is 2.27. The third kappa shape index (κ3) is 2.26. The maximum atomic E-state index is 4.96. The maximum Gasteiger partial charge on any atom is 0.223 e. The van der Waals surface area contributed by atoms with Gasteiger partial charge in [0.15, 0.2) is 5.82 Å². The second-order valence-corrected chi connectivity index (χ2v) is 4.60. The van der Waals surface area contributed by atoms with Crippen LogP contribution in [-0.2, 0) is 13.0 Å². The van der Waals surface area contributed by atoms with Crippen LogP contribution in [-0.4, -0.2) is 15.1 Å². The Hall–Kier alpha value is -1.75. The number of fused-ring (bicyclic) bond motifs is 1. The minimum absolute atomic E-state index is 0.300. The van der Waals surface area contributed by atoms with Gasteiger partial charge in [0.05, 0.1) is 18.3 Å². The largest absolute Gasteiger partial charge is 0.340 e. The van der Waals surface area contributed by atoms with Crippen LogP contribution >= 0.6 is 0 Å². The molecule has 1 aliphatic carbocycles. The molecule has 94 valence electrons. The Morgan fingerprint density at radius 3 is 3.28 bits per heavy atom. The van der Waals surface area contributed by atoms with E-state index < -0.39 is 0 Å². The molecule has 0 spiro atoms. The van der Waals surface area contributed by atoms with E-state index in [4.69, 9.17) is 4.52 Å². The second kappa shape index (κ2) is 4.86. The van der Waals surface area contributed by atoms with Crippen molar-refractivity contribution in [2.75, 3.05) is 0 Å². The van der Waals surface area contributed by atoms with Gasteiger partial charge in [0.1, 0.15) is 0 Å². The molecule has 0 amide bonds. The second-order valence-electron chi connectivity index (χ2n) is 4.60. The van der Waals surface area contributed by atoms with Crippen LogP contribution in [0.1, 0.15) is 41.9 Å². The van der Waals surface area contributed by atoms with Gasteiger partial charge in [-0.05, 0) is 30.9 Å². The van der Waals surface area contributed by atoms with Gasteiger partial charge in [-0.3, -0.25) is 4.98 Å². The van der Waals surface area contributed by atoms with E-state index in [1.165, 1.54) is 17.7 Å². The summed E-state index contributed by atoms with van der Waals surface area (Å²) < 4.78 is 4.96. The van der Waals surface area contributed by atoms with Crippen LogP contribution in [0.15, 0.2) is 22.9 Å². The molecule has 5 heteroatoms. The highest BCUT2D eigenvalue weighted by Gasteiger charge is 2.21. The van der Waals surface area contributed by atoms with Gasteiger partial charge in [-0.2, -0.15) is 4.98 Å². The first kappa shape index (κ1) is 11.3. The van der Waals surface area contributed by atoms with Crippen LogP contribution in [0.2, 0.25) is 0 Å². The minimum atomic E-state index is 0.300. The van der Waals surface area contributed by atoms with Gasteiger partial charge in [0.2, 0.25) is 5.89 Å². The van der Waals surface area contributed by atoms with Crippen molar-refractivity contribution in [1.29, 1.82) is 0 Å². The van der Waals surface area contributed by atoms with Crippen LogP contribution in [0.3, 0.4) is 0 Å². The molecule has 2 aromatic rings. The number of rotatable bonds is 3. The lowest BCUT2D eigenvalue weighted by molar-refractivity contribution is 0.379. The fourth-order valence-electron chi connectivity index (χ4n) is 2.44. The van der Waals surface area contributed by atoms with Crippen molar-refractivity contribution in [3.05, 3.63) is 41.3 Å². The van der Waals surface area contributed by atoms with Gasteiger partial charge in [-0.25, -0.2) is 0 Å². The lowest BCUT2D eigenvalue weighted by Crippen LogP contribution is -2.26. The van der Waals surface area contributed by atoms with E-state index in [0.717, 1.165) is 12.8 Å². The standard InChI is InChI=1S/C13H16N4O/c1-9-16-12(17-18-9)8-15-11-6-2-4-10-5-3-7-14-13(10)11/h3,5,7,11,15H,2,4,6,8H2,1H3. The first-order valence-corrected chi connectivity index (χ1v) is 6.29. The molecule has 2 aromatic heterocycles. The maximum absolute atomic E-state index is 4.96. The lowest BCUT2D eigenvalue weighted by atomic mass is 9.92. The number of hydrogen-bond donors (Lipinski definition) is 1. The molecular formula is C13H16N4O. The number of hydrogen-bond acceptors (Lipinski definition) is 5. The summed E-state index contributed by atoms with van der Waals surface area (Å²) in [5, 5.41) is 7.35. The fourth-order valence-corrected chi connectivity index (χ4v) is 2.44. The smallest absolute Gasteiger partial charge is 0.223 e. The Morgan fingerprint density at radius 2 is 2.44 bits per heavy atom. The number of aromatic nitrogens is 3. The normalized spacial score (nSPS) is 18.6.